The van der Waals surface area contributed by atoms with Crippen LogP contribution in [0.5, 0.6) is 0 Å². The standard InChI is InChI=1S/C10H12F3NO2S/c1-4-16-8(15)9(2,3)6-5-14-7(17-6)10(11,12)13/h5H,4H2,1-3H3. The second kappa shape index (κ2) is 4.64. The van der Waals surface area contributed by atoms with E-state index < -0.39 is 22.6 Å². The molecule has 0 saturated carbocycles. The third-order valence-corrected chi connectivity index (χ3v) is 3.52. The Balaban J connectivity index is 3.00. The van der Waals surface area contributed by atoms with Gasteiger partial charge in [-0.05, 0) is 20.8 Å². The van der Waals surface area contributed by atoms with Gasteiger partial charge in [-0.1, -0.05) is 0 Å². The van der Waals surface area contributed by atoms with E-state index in [1.165, 1.54) is 13.8 Å². The number of ether oxygens (including phenoxy) is 1. The zero-order valence-electron chi connectivity index (χ0n) is 9.59. The second-order valence-electron chi connectivity index (χ2n) is 3.87. The van der Waals surface area contributed by atoms with Crippen molar-refractivity contribution >= 4 is 17.3 Å². The highest BCUT2D eigenvalue weighted by Crippen LogP contribution is 2.37. The molecule has 0 bridgehead atoms. The summed E-state index contributed by atoms with van der Waals surface area (Å²) in [6.07, 6.45) is -3.40. The SMILES string of the molecule is CCOC(=O)C(C)(C)c1cnc(C(F)(F)F)s1. The highest BCUT2D eigenvalue weighted by Gasteiger charge is 2.39. The van der Waals surface area contributed by atoms with Gasteiger partial charge in [0.15, 0.2) is 5.01 Å². The van der Waals surface area contributed by atoms with E-state index in [0.29, 0.717) is 11.3 Å². The Hall–Kier alpha value is -1.11. The van der Waals surface area contributed by atoms with Crippen molar-refractivity contribution in [3.63, 3.8) is 0 Å². The normalized spacial score (nSPS) is 12.6. The molecular weight excluding hydrogens is 255 g/mol. The van der Waals surface area contributed by atoms with Crippen LogP contribution in [0.3, 0.4) is 0 Å². The number of hydrogen-bond acceptors (Lipinski definition) is 4. The summed E-state index contributed by atoms with van der Waals surface area (Å²) in [7, 11) is 0. The number of nitrogens with zero attached hydrogens (tertiary/aromatic N) is 1. The molecule has 0 amide bonds. The minimum Gasteiger partial charge on any atom is -0.465 e. The molecule has 0 spiro atoms. The Morgan fingerprint density at radius 2 is 2.06 bits per heavy atom. The van der Waals surface area contributed by atoms with Crippen molar-refractivity contribution < 1.29 is 22.7 Å². The summed E-state index contributed by atoms with van der Waals surface area (Å²) < 4.78 is 41.9. The van der Waals surface area contributed by atoms with E-state index in [9.17, 15) is 18.0 Å². The maximum absolute atomic E-state index is 12.4. The van der Waals surface area contributed by atoms with Crippen LogP contribution in [-0.4, -0.2) is 17.6 Å². The van der Waals surface area contributed by atoms with E-state index >= 15 is 0 Å². The third kappa shape index (κ3) is 2.96. The van der Waals surface area contributed by atoms with E-state index in [1.807, 2.05) is 0 Å². The molecule has 1 rings (SSSR count). The van der Waals surface area contributed by atoms with Gasteiger partial charge in [0.1, 0.15) is 0 Å². The molecule has 0 unspecified atom stereocenters. The van der Waals surface area contributed by atoms with Gasteiger partial charge in [-0.2, -0.15) is 13.2 Å². The van der Waals surface area contributed by atoms with Crippen molar-refractivity contribution in [1.82, 2.24) is 4.98 Å². The van der Waals surface area contributed by atoms with E-state index in [-0.39, 0.29) is 11.5 Å². The summed E-state index contributed by atoms with van der Waals surface area (Å²) >= 11 is 0.464. The van der Waals surface area contributed by atoms with Crippen LogP contribution in [0, 0.1) is 0 Å². The highest BCUT2D eigenvalue weighted by molar-refractivity contribution is 7.12. The van der Waals surface area contributed by atoms with Crippen LogP contribution < -0.4 is 0 Å². The third-order valence-electron chi connectivity index (χ3n) is 2.15. The molecule has 0 aliphatic carbocycles. The Kier molecular flexibility index (Phi) is 3.81. The fourth-order valence-corrected chi connectivity index (χ4v) is 1.98. The predicted molar refractivity (Wildman–Crippen MR) is 56.8 cm³/mol. The first-order valence-corrected chi connectivity index (χ1v) is 5.72. The van der Waals surface area contributed by atoms with Crippen LogP contribution in [0.15, 0.2) is 6.20 Å². The molecule has 3 nitrogen and oxygen atoms in total. The lowest BCUT2D eigenvalue weighted by Crippen LogP contribution is -2.30. The highest BCUT2D eigenvalue weighted by atomic mass is 32.1. The first-order chi connectivity index (χ1) is 7.69. The van der Waals surface area contributed by atoms with Gasteiger partial charge < -0.3 is 4.74 Å². The van der Waals surface area contributed by atoms with E-state index in [2.05, 4.69) is 4.98 Å². The molecule has 17 heavy (non-hydrogen) atoms. The van der Waals surface area contributed by atoms with Gasteiger partial charge in [-0.3, -0.25) is 4.79 Å². The average molecular weight is 267 g/mol. The summed E-state index contributed by atoms with van der Waals surface area (Å²) in [6.45, 7) is 4.85. The molecule has 0 aliphatic rings. The molecule has 1 heterocycles. The van der Waals surface area contributed by atoms with Gasteiger partial charge in [-0.15, -0.1) is 11.3 Å². The topological polar surface area (TPSA) is 39.2 Å². The van der Waals surface area contributed by atoms with Gasteiger partial charge in [0, 0.05) is 11.1 Å². The largest absolute Gasteiger partial charge is 0.465 e. The zero-order chi connectivity index (χ0) is 13.3. The Bertz CT molecular complexity index is 412. The van der Waals surface area contributed by atoms with Crippen LogP contribution in [0.1, 0.15) is 30.7 Å². The maximum atomic E-state index is 12.4. The minimum absolute atomic E-state index is 0.188. The lowest BCUT2D eigenvalue weighted by Gasteiger charge is -2.19. The predicted octanol–water partition coefficient (Wildman–Crippen LogP) is 3.00. The number of aromatic nitrogens is 1. The van der Waals surface area contributed by atoms with Crippen molar-refractivity contribution in [2.24, 2.45) is 0 Å². The van der Waals surface area contributed by atoms with Crippen LogP contribution in [0.2, 0.25) is 0 Å². The number of carbonyl (C=O) groups is 1. The van der Waals surface area contributed by atoms with Crippen molar-refractivity contribution in [1.29, 1.82) is 0 Å². The maximum Gasteiger partial charge on any atom is 0.443 e. The number of hydrogen-bond donors (Lipinski definition) is 0. The average Bonchev–Trinajstić information content (AvgIpc) is 2.66. The fourth-order valence-electron chi connectivity index (χ4n) is 1.11. The first-order valence-electron chi connectivity index (χ1n) is 4.90. The van der Waals surface area contributed by atoms with E-state index in [4.69, 9.17) is 4.74 Å². The summed E-state index contributed by atoms with van der Waals surface area (Å²) in [5.74, 6) is -0.558. The van der Waals surface area contributed by atoms with Gasteiger partial charge >= 0.3 is 12.1 Å². The molecule has 1 aromatic rings. The summed E-state index contributed by atoms with van der Waals surface area (Å²) in [5, 5.41) is -0.954. The lowest BCUT2D eigenvalue weighted by atomic mass is 9.92. The number of rotatable bonds is 3. The molecule has 0 N–H and O–H groups in total. The first kappa shape index (κ1) is 14.0. The molecule has 0 radical (unpaired) electrons. The zero-order valence-corrected chi connectivity index (χ0v) is 10.4. The second-order valence-corrected chi connectivity index (χ2v) is 4.90. The van der Waals surface area contributed by atoms with Gasteiger partial charge in [-0.25, -0.2) is 4.98 Å². The summed E-state index contributed by atoms with van der Waals surface area (Å²) in [4.78, 5) is 15.1. The van der Waals surface area contributed by atoms with Crippen molar-refractivity contribution in [2.45, 2.75) is 32.4 Å². The Labute approximate surface area is 101 Å². The van der Waals surface area contributed by atoms with Crippen LogP contribution >= 0.6 is 11.3 Å². The van der Waals surface area contributed by atoms with E-state index in [1.54, 1.807) is 6.92 Å². The Morgan fingerprint density at radius 1 is 1.47 bits per heavy atom. The number of carbonyl (C=O) groups excluding carboxylic acids is 1. The number of thiazole rings is 1. The summed E-state index contributed by atoms with van der Waals surface area (Å²) in [6, 6.07) is 0. The molecule has 0 aliphatic heterocycles. The minimum atomic E-state index is -4.48. The van der Waals surface area contributed by atoms with Crippen molar-refractivity contribution in [3.05, 3.63) is 16.1 Å². The molecular formula is C10H12F3NO2S. The van der Waals surface area contributed by atoms with Gasteiger partial charge in [0.25, 0.3) is 0 Å². The molecule has 96 valence electrons. The molecule has 0 fully saturated rings. The molecule has 0 atom stereocenters. The smallest absolute Gasteiger partial charge is 0.443 e. The fraction of sp³-hybridized carbons (Fsp3) is 0.600. The Morgan fingerprint density at radius 3 is 2.47 bits per heavy atom. The van der Waals surface area contributed by atoms with Crippen LogP contribution in [-0.2, 0) is 21.1 Å². The quantitative estimate of drug-likeness (QED) is 0.790. The van der Waals surface area contributed by atoms with Gasteiger partial charge in [0.05, 0.1) is 12.0 Å². The molecule has 1 aromatic heterocycles. The lowest BCUT2D eigenvalue weighted by molar-refractivity contribution is -0.148. The van der Waals surface area contributed by atoms with Crippen LogP contribution in [0.4, 0.5) is 13.2 Å². The molecule has 0 aromatic carbocycles. The number of esters is 1. The monoisotopic (exact) mass is 267 g/mol. The molecule has 0 saturated heterocycles. The van der Waals surface area contributed by atoms with E-state index in [0.717, 1.165) is 6.20 Å². The number of alkyl halides is 3. The number of halogens is 3. The van der Waals surface area contributed by atoms with Crippen molar-refractivity contribution in [3.8, 4) is 0 Å². The van der Waals surface area contributed by atoms with Crippen molar-refractivity contribution in [2.75, 3.05) is 6.61 Å². The van der Waals surface area contributed by atoms with Gasteiger partial charge in [0.2, 0.25) is 0 Å². The summed E-state index contributed by atoms with van der Waals surface area (Å²) in [5.41, 5.74) is -1.11. The van der Waals surface area contributed by atoms with Crippen LogP contribution in [0.25, 0.3) is 0 Å². The molecule has 7 heteroatoms.